The molecule has 1 N–H and O–H groups in total. The van der Waals surface area contributed by atoms with Gasteiger partial charge in [0.2, 0.25) is 5.91 Å². The van der Waals surface area contributed by atoms with Gasteiger partial charge < -0.3 is 5.32 Å². The van der Waals surface area contributed by atoms with E-state index in [0.717, 1.165) is 11.3 Å². The molecule has 7 nitrogen and oxygen atoms in total. The van der Waals surface area contributed by atoms with Crippen molar-refractivity contribution in [3.8, 4) is 17.1 Å². The molecule has 0 radical (unpaired) electrons. The number of pyridine rings is 1. The average molecular weight is 429 g/mol. The number of halogens is 1. The van der Waals surface area contributed by atoms with Gasteiger partial charge in [-0.1, -0.05) is 29.4 Å². The number of hydrogen-bond acceptors (Lipinski definition) is 7. The van der Waals surface area contributed by atoms with Crippen molar-refractivity contribution in [3.63, 3.8) is 0 Å². The van der Waals surface area contributed by atoms with Crippen LogP contribution in [0.2, 0.25) is 5.02 Å². The van der Waals surface area contributed by atoms with Crippen LogP contribution in [-0.2, 0) is 4.79 Å². The Bertz CT molecular complexity index is 1080. The van der Waals surface area contributed by atoms with Crippen LogP contribution in [0.3, 0.4) is 0 Å². The Labute approximate surface area is 173 Å². The fourth-order valence-electron chi connectivity index (χ4n) is 2.47. The van der Waals surface area contributed by atoms with Gasteiger partial charge in [0.1, 0.15) is 0 Å². The molecule has 140 valence electrons. The lowest BCUT2D eigenvalue weighted by Gasteiger charge is -2.10. The van der Waals surface area contributed by atoms with Crippen LogP contribution in [0.1, 0.15) is 0 Å². The number of anilines is 1. The van der Waals surface area contributed by atoms with Gasteiger partial charge in [-0.2, -0.15) is 0 Å². The van der Waals surface area contributed by atoms with E-state index in [9.17, 15) is 4.79 Å². The SMILES string of the molecule is O=C(CSc1nnc(-c2ccncc2)n1-c1cccc(Cl)c1)Nc1nccs1. The molecule has 1 aromatic carbocycles. The third kappa shape index (κ3) is 4.22. The molecule has 0 unspecified atom stereocenters. The normalized spacial score (nSPS) is 10.8. The second-order valence-corrected chi connectivity index (χ2v) is 7.80. The molecule has 0 fully saturated rings. The predicted molar refractivity (Wildman–Crippen MR) is 111 cm³/mol. The number of nitrogens with zero attached hydrogens (tertiary/aromatic N) is 5. The standard InChI is InChI=1S/C18H13ClN6OS2/c19-13-2-1-3-14(10-13)25-16(12-4-6-20-7-5-12)23-24-18(25)28-11-15(26)22-17-21-8-9-27-17/h1-10H,11H2,(H,21,22,26). The molecule has 0 aliphatic heterocycles. The van der Waals surface area contributed by atoms with E-state index in [1.165, 1.54) is 23.1 Å². The summed E-state index contributed by atoms with van der Waals surface area (Å²) in [5.41, 5.74) is 1.67. The molecule has 0 saturated heterocycles. The van der Waals surface area contributed by atoms with Crippen LogP contribution in [0.5, 0.6) is 0 Å². The molecule has 3 aromatic heterocycles. The fourth-order valence-corrected chi connectivity index (χ4v) is 3.95. The summed E-state index contributed by atoms with van der Waals surface area (Å²) in [6, 6.07) is 11.1. The van der Waals surface area contributed by atoms with E-state index in [2.05, 4.69) is 25.5 Å². The molecule has 0 saturated carbocycles. The van der Waals surface area contributed by atoms with Crippen LogP contribution in [0.15, 0.2) is 65.5 Å². The van der Waals surface area contributed by atoms with E-state index in [0.29, 0.717) is 21.1 Å². The van der Waals surface area contributed by atoms with E-state index in [4.69, 9.17) is 11.6 Å². The third-order valence-electron chi connectivity index (χ3n) is 3.65. The zero-order chi connectivity index (χ0) is 19.3. The first-order valence-electron chi connectivity index (χ1n) is 8.14. The van der Waals surface area contributed by atoms with Gasteiger partial charge in [-0.15, -0.1) is 21.5 Å². The number of aromatic nitrogens is 5. The number of thiazole rings is 1. The maximum atomic E-state index is 12.2. The van der Waals surface area contributed by atoms with Crippen LogP contribution < -0.4 is 5.32 Å². The van der Waals surface area contributed by atoms with Crippen molar-refractivity contribution in [3.05, 3.63) is 65.4 Å². The first kappa shape index (κ1) is 18.6. The summed E-state index contributed by atoms with van der Waals surface area (Å²) in [6.07, 6.45) is 5.03. The third-order valence-corrected chi connectivity index (χ3v) is 5.50. The second kappa shape index (κ2) is 8.51. The van der Waals surface area contributed by atoms with E-state index in [-0.39, 0.29) is 11.7 Å². The van der Waals surface area contributed by atoms with Gasteiger partial charge in [0.25, 0.3) is 0 Å². The van der Waals surface area contributed by atoms with E-state index >= 15 is 0 Å². The zero-order valence-electron chi connectivity index (χ0n) is 14.3. The molecule has 0 spiro atoms. The van der Waals surface area contributed by atoms with E-state index in [1.54, 1.807) is 30.0 Å². The Morgan fingerprint density at radius 2 is 2.04 bits per heavy atom. The summed E-state index contributed by atoms with van der Waals surface area (Å²) in [6.45, 7) is 0. The van der Waals surface area contributed by atoms with Crippen LogP contribution in [-0.4, -0.2) is 36.4 Å². The molecule has 0 aliphatic carbocycles. The number of rotatable bonds is 6. The first-order chi connectivity index (χ1) is 13.7. The number of amides is 1. The Morgan fingerprint density at radius 3 is 2.79 bits per heavy atom. The van der Waals surface area contributed by atoms with Gasteiger partial charge in [-0.05, 0) is 30.3 Å². The molecule has 0 bridgehead atoms. The maximum absolute atomic E-state index is 12.2. The topological polar surface area (TPSA) is 85.6 Å². The summed E-state index contributed by atoms with van der Waals surface area (Å²) in [7, 11) is 0. The molecule has 4 rings (SSSR count). The highest BCUT2D eigenvalue weighted by Crippen LogP contribution is 2.29. The van der Waals surface area contributed by atoms with E-state index in [1.807, 2.05) is 34.9 Å². The van der Waals surface area contributed by atoms with Gasteiger partial charge in [0.15, 0.2) is 16.1 Å². The fraction of sp³-hybridized carbons (Fsp3) is 0.0556. The molecular weight excluding hydrogens is 416 g/mol. The van der Waals surface area contributed by atoms with Gasteiger partial charge >= 0.3 is 0 Å². The summed E-state index contributed by atoms with van der Waals surface area (Å²) >= 11 is 8.84. The van der Waals surface area contributed by atoms with Gasteiger partial charge in [-0.3, -0.25) is 14.3 Å². The van der Waals surface area contributed by atoms with Crippen molar-refractivity contribution in [1.82, 2.24) is 24.7 Å². The lowest BCUT2D eigenvalue weighted by molar-refractivity contribution is -0.113. The van der Waals surface area contributed by atoms with Crippen molar-refractivity contribution >= 4 is 45.7 Å². The Hall–Kier alpha value is -2.75. The Kier molecular flexibility index (Phi) is 5.65. The van der Waals surface area contributed by atoms with Gasteiger partial charge in [0, 0.05) is 34.6 Å². The minimum absolute atomic E-state index is 0.161. The highest BCUT2D eigenvalue weighted by molar-refractivity contribution is 7.99. The first-order valence-corrected chi connectivity index (χ1v) is 10.4. The van der Waals surface area contributed by atoms with Crippen molar-refractivity contribution < 1.29 is 4.79 Å². The molecule has 0 atom stereocenters. The monoisotopic (exact) mass is 428 g/mol. The zero-order valence-corrected chi connectivity index (χ0v) is 16.7. The summed E-state index contributed by atoms with van der Waals surface area (Å²) < 4.78 is 1.88. The van der Waals surface area contributed by atoms with Crippen molar-refractivity contribution in [1.29, 1.82) is 0 Å². The lowest BCUT2D eigenvalue weighted by atomic mass is 10.2. The number of benzene rings is 1. The number of nitrogens with one attached hydrogen (secondary N) is 1. The molecule has 28 heavy (non-hydrogen) atoms. The largest absolute Gasteiger partial charge is 0.301 e. The lowest BCUT2D eigenvalue weighted by Crippen LogP contribution is -2.14. The predicted octanol–water partition coefficient (Wildman–Crippen LogP) is 4.17. The van der Waals surface area contributed by atoms with Crippen LogP contribution >= 0.6 is 34.7 Å². The molecule has 4 aromatic rings. The molecule has 3 heterocycles. The Balaban J connectivity index is 1.63. The minimum Gasteiger partial charge on any atom is -0.301 e. The molecule has 0 aliphatic rings. The number of carbonyl (C=O) groups excluding carboxylic acids is 1. The quantitative estimate of drug-likeness (QED) is 0.464. The summed E-state index contributed by atoms with van der Waals surface area (Å²) in [4.78, 5) is 20.3. The molecular formula is C18H13ClN6OS2. The second-order valence-electron chi connectivity index (χ2n) is 5.53. The highest BCUT2D eigenvalue weighted by Gasteiger charge is 2.17. The van der Waals surface area contributed by atoms with Crippen molar-refractivity contribution in [2.45, 2.75) is 5.16 Å². The average Bonchev–Trinajstić information content (AvgIpc) is 3.36. The maximum Gasteiger partial charge on any atom is 0.236 e. The summed E-state index contributed by atoms with van der Waals surface area (Å²) in [5, 5.41) is 14.9. The van der Waals surface area contributed by atoms with Crippen LogP contribution in [0.25, 0.3) is 17.1 Å². The van der Waals surface area contributed by atoms with Crippen LogP contribution in [0.4, 0.5) is 5.13 Å². The smallest absolute Gasteiger partial charge is 0.236 e. The molecule has 10 heteroatoms. The van der Waals surface area contributed by atoms with Gasteiger partial charge in [-0.25, -0.2) is 4.98 Å². The number of hydrogen-bond donors (Lipinski definition) is 1. The number of thioether (sulfide) groups is 1. The van der Waals surface area contributed by atoms with Gasteiger partial charge in [0.05, 0.1) is 11.4 Å². The van der Waals surface area contributed by atoms with Crippen molar-refractivity contribution in [2.24, 2.45) is 0 Å². The summed E-state index contributed by atoms with van der Waals surface area (Å²) in [5.74, 6) is 0.660. The minimum atomic E-state index is -0.161. The Morgan fingerprint density at radius 1 is 1.18 bits per heavy atom. The van der Waals surface area contributed by atoms with Crippen molar-refractivity contribution in [2.75, 3.05) is 11.1 Å². The highest BCUT2D eigenvalue weighted by atomic mass is 35.5. The molecule has 1 amide bonds. The van der Waals surface area contributed by atoms with Crippen LogP contribution in [0, 0.1) is 0 Å². The van der Waals surface area contributed by atoms with E-state index < -0.39 is 0 Å². The number of carbonyl (C=O) groups is 1.